The molecule has 1 unspecified atom stereocenters. The third kappa shape index (κ3) is 4.18. The molecule has 0 spiro atoms. The molecule has 1 aromatic heterocycles. The van der Waals surface area contributed by atoms with Gasteiger partial charge in [0, 0.05) is 32.4 Å². The van der Waals surface area contributed by atoms with Gasteiger partial charge in [0.05, 0.1) is 6.10 Å². The number of nitrogens with one attached hydrogen (secondary N) is 1. The number of nitrogens with zero attached hydrogens (tertiary/aromatic N) is 2. The Kier molecular flexibility index (Phi) is 5.80. The summed E-state index contributed by atoms with van der Waals surface area (Å²) in [6, 6.07) is 4.39. The second-order valence-electron chi connectivity index (χ2n) is 5.47. The summed E-state index contributed by atoms with van der Waals surface area (Å²) in [7, 11) is 2.11. The number of rotatable bonds is 7. The molecule has 1 aromatic rings. The molecule has 2 rings (SSSR count). The van der Waals surface area contributed by atoms with Crippen molar-refractivity contribution in [1.82, 2.24) is 10.3 Å². The van der Waals surface area contributed by atoms with E-state index in [0.717, 1.165) is 44.2 Å². The van der Waals surface area contributed by atoms with Crippen LogP contribution in [0.3, 0.4) is 0 Å². The maximum absolute atomic E-state index is 5.72. The van der Waals surface area contributed by atoms with Gasteiger partial charge in [0.15, 0.2) is 0 Å². The highest BCUT2D eigenvalue weighted by molar-refractivity contribution is 5.42. The molecular weight excluding hydrogens is 250 g/mol. The van der Waals surface area contributed by atoms with Gasteiger partial charge in [-0.2, -0.15) is 0 Å². The van der Waals surface area contributed by atoms with E-state index in [1.807, 2.05) is 0 Å². The Morgan fingerprint density at radius 3 is 2.90 bits per heavy atom. The number of hydrogen-bond acceptors (Lipinski definition) is 4. The quantitative estimate of drug-likeness (QED) is 0.830. The summed E-state index contributed by atoms with van der Waals surface area (Å²) in [5.41, 5.74) is 2.47. The Balaban J connectivity index is 2.07. The molecule has 1 saturated heterocycles. The standard InChI is InChI=1S/C16H27N3O/c1-4-14-9-13(11-17-5-2)10-16(18-14)19(3)12-15-7-6-8-20-15/h9-10,15,17H,4-8,11-12H2,1-3H3. The summed E-state index contributed by atoms with van der Waals surface area (Å²) in [5.74, 6) is 1.06. The van der Waals surface area contributed by atoms with Gasteiger partial charge < -0.3 is 15.0 Å². The maximum Gasteiger partial charge on any atom is 0.128 e. The predicted octanol–water partition coefficient (Wildman–Crippen LogP) is 2.37. The van der Waals surface area contributed by atoms with Crippen molar-refractivity contribution < 1.29 is 4.74 Å². The van der Waals surface area contributed by atoms with Gasteiger partial charge >= 0.3 is 0 Å². The van der Waals surface area contributed by atoms with Crippen LogP contribution < -0.4 is 10.2 Å². The number of hydrogen-bond donors (Lipinski definition) is 1. The van der Waals surface area contributed by atoms with Crippen LogP contribution in [0.15, 0.2) is 12.1 Å². The molecule has 20 heavy (non-hydrogen) atoms. The molecule has 1 aliphatic heterocycles. The largest absolute Gasteiger partial charge is 0.376 e. The maximum atomic E-state index is 5.72. The van der Waals surface area contributed by atoms with Gasteiger partial charge in [0.25, 0.3) is 0 Å². The Labute approximate surface area is 122 Å². The first-order valence-corrected chi connectivity index (χ1v) is 7.76. The monoisotopic (exact) mass is 277 g/mol. The minimum atomic E-state index is 0.365. The average Bonchev–Trinajstić information content (AvgIpc) is 2.97. The van der Waals surface area contributed by atoms with E-state index in [0.29, 0.717) is 6.10 Å². The Morgan fingerprint density at radius 2 is 2.25 bits per heavy atom. The molecular formula is C16H27N3O. The number of aromatic nitrogens is 1. The fraction of sp³-hybridized carbons (Fsp3) is 0.688. The first-order valence-electron chi connectivity index (χ1n) is 7.76. The Bertz CT molecular complexity index is 416. The minimum Gasteiger partial charge on any atom is -0.376 e. The first kappa shape index (κ1) is 15.3. The molecule has 1 N–H and O–H groups in total. The number of pyridine rings is 1. The topological polar surface area (TPSA) is 37.4 Å². The van der Waals surface area contributed by atoms with Crippen molar-refractivity contribution in [3.8, 4) is 0 Å². The molecule has 0 bridgehead atoms. The average molecular weight is 277 g/mol. The summed E-state index contributed by atoms with van der Waals surface area (Å²) >= 11 is 0. The number of aryl methyl sites for hydroxylation is 1. The lowest BCUT2D eigenvalue weighted by Gasteiger charge is -2.23. The molecule has 0 aliphatic carbocycles. The lowest BCUT2D eigenvalue weighted by molar-refractivity contribution is 0.116. The highest BCUT2D eigenvalue weighted by Crippen LogP contribution is 2.18. The zero-order valence-electron chi connectivity index (χ0n) is 13.0. The second-order valence-corrected chi connectivity index (χ2v) is 5.47. The zero-order valence-corrected chi connectivity index (χ0v) is 13.0. The highest BCUT2D eigenvalue weighted by atomic mass is 16.5. The first-order chi connectivity index (χ1) is 9.72. The SMILES string of the molecule is CCNCc1cc(CC)nc(N(C)CC2CCCO2)c1. The van der Waals surface area contributed by atoms with Crippen LogP contribution in [0.2, 0.25) is 0 Å². The van der Waals surface area contributed by atoms with Gasteiger partial charge in [-0.1, -0.05) is 13.8 Å². The Hall–Kier alpha value is -1.13. The van der Waals surface area contributed by atoms with Gasteiger partial charge in [0.1, 0.15) is 5.82 Å². The summed E-state index contributed by atoms with van der Waals surface area (Å²) in [6.45, 7) is 8.03. The molecule has 112 valence electrons. The van der Waals surface area contributed by atoms with Crippen molar-refractivity contribution in [2.24, 2.45) is 0 Å². The highest BCUT2D eigenvalue weighted by Gasteiger charge is 2.18. The van der Waals surface area contributed by atoms with E-state index in [-0.39, 0.29) is 0 Å². The van der Waals surface area contributed by atoms with E-state index >= 15 is 0 Å². The normalized spacial score (nSPS) is 18.4. The molecule has 4 nitrogen and oxygen atoms in total. The van der Waals surface area contributed by atoms with E-state index in [4.69, 9.17) is 9.72 Å². The molecule has 4 heteroatoms. The van der Waals surface area contributed by atoms with E-state index in [9.17, 15) is 0 Å². The van der Waals surface area contributed by atoms with Crippen molar-refractivity contribution in [3.63, 3.8) is 0 Å². The molecule has 0 aromatic carbocycles. The molecule has 0 saturated carbocycles. The summed E-state index contributed by atoms with van der Waals surface area (Å²) in [4.78, 5) is 6.97. The fourth-order valence-corrected chi connectivity index (χ4v) is 2.57. The van der Waals surface area contributed by atoms with Gasteiger partial charge in [-0.3, -0.25) is 0 Å². The summed E-state index contributed by atoms with van der Waals surface area (Å²) < 4.78 is 5.72. The van der Waals surface area contributed by atoms with Crippen molar-refractivity contribution >= 4 is 5.82 Å². The smallest absolute Gasteiger partial charge is 0.128 e. The van der Waals surface area contributed by atoms with Crippen LogP contribution >= 0.6 is 0 Å². The summed E-state index contributed by atoms with van der Waals surface area (Å²) in [5, 5.41) is 3.38. The summed E-state index contributed by atoms with van der Waals surface area (Å²) in [6.07, 6.45) is 3.69. The lowest BCUT2D eigenvalue weighted by atomic mass is 10.1. The van der Waals surface area contributed by atoms with E-state index in [1.54, 1.807) is 0 Å². The third-order valence-corrected chi connectivity index (χ3v) is 3.76. The van der Waals surface area contributed by atoms with Crippen LogP contribution in [0, 0.1) is 0 Å². The van der Waals surface area contributed by atoms with Crippen LogP contribution in [0.4, 0.5) is 5.82 Å². The van der Waals surface area contributed by atoms with Crippen LogP contribution in [-0.2, 0) is 17.7 Å². The minimum absolute atomic E-state index is 0.365. The second kappa shape index (κ2) is 7.60. The molecule has 1 fully saturated rings. The molecule has 2 heterocycles. The van der Waals surface area contributed by atoms with Gasteiger partial charge in [0.2, 0.25) is 0 Å². The van der Waals surface area contributed by atoms with E-state index < -0.39 is 0 Å². The Morgan fingerprint density at radius 1 is 1.40 bits per heavy atom. The number of anilines is 1. The van der Waals surface area contributed by atoms with E-state index in [2.05, 4.69) is 43.2 Å². The van der Waals surface area contributed by atoms with Gasteiger partial charge in [-0.15, -0.1) is 0 Å². The van der Waals surface area contributed by atoms with Gasteiger partial charge in [-0.05, 0) is 43.5 Å². The van der Waals surface area contributed by atoms with Crippen molar-refractivity contribution in [1.29, 1.82) is 0 Å². The van der Waals surface area contributed by atoms with Crippen molar-refractivity contribution in [2.75, 3.05) is 31.6 Å². The predicted molar refractivity (Wildman–Crippen MR) is 83.2 cm³/mol. The van der Waals surface area contributed by atoms with Crippen LogP contribution in [0.25, 0.3) is 0 Å². The molecule has 0 amide bonds. The third-order valence-electron chi connectivity index (χ3n) is 3.76. The van der Waals surface area contributed by atoms with Crippen molar-refractivity contribution in [2.45, 2.75) is 45.8 Å². The lowest BCUT2D eigenvalue weighted by Crippen LogP contribution is -2.29. The number of likely N-dealkylation sites (N-methyl/N-ethyl adjacent to an activating group) is 1. The zero-order chi connectivity index (χ0) is 14.4. The fourth-order valence-electron chi connectivity index (χ4n) is 2.57. The van der Waals surface area contributed by atoms with Gasteiger partial charge in [-0.25, -0.2) is 4.98 Å². The number of ether oxygens (including phenoxy) is 1. The molecule has 1 aliphatic rings. The van der Waals surface area contributed by atoms with Crippen LogP contribution in [-0.4, -0.2) is 37.8 Å². The van der Waals surface area contributed by atoms with Crippen molar-refractivity contribution in [3.05, 3.63) is 23.4 Å². The molecule has 0 radical (unpaired) electrons. The van der Waals surface area contributed by atoms with Crippen LogP contribution in [0.1, 0.15) is 37.9 Å². The van der Waals surface area contributed by atoms with E-state index in [1.165, 1.54) is 18.4 Å². The molecule has 1 atom stereocenters. The van der Waals surface area contributed by atoms with Crippen LogP contribution in [0.5, 0.6) is 0 Å².